The first-order valence-corrected chi connectivity index (χ1v) is 6.67. The van der Waals surface area contributed by atoms with Crippen LogP contribution >= 0.6 is 0 Å². The lowest BCUT2D eigenvalue weighted by Crippen LogP contribution is -2.25. The maximum absolute atomic E-state index is 4.74. The van der Waals surface area contributed by atoms with Gasteiger partial charge in [0, 0.05) is 25.3 Å². The average molecular weight is 233 g/mol. The zero-order valence-electron chi connectivity index (χ0n) is 11.0. The molecule has 1 saturated heterocycles. The fraction of sp³-hybridized carbons (Fsp3) is 0.643. The van der Waals surface area contributed by atoms with Crippen molar-refractivity contribution in [2.45, 2.75) is 39.2 Å². The second-order valence-corrected chi connectivity index (χ2v) is 4.85. The Morgan fingerprint density at radius 2 is 1.88 bits per heavy atom. The molecule has 0 spiro atoms. The molecule has 3 nitrogen and oxygen atoms in total. The Bertz CT molecular complexity index is 354. The molecule has 3 heteroatoms. The molecular formula is C14H23N3. The monoisotopic (exact) mass is 233 g/mol. The predicted molar refractivity (Wildman–Crippen MR) is 72.4 cm³/mol. The summed E-state index contributed by atoms with van der Waals surface area (Å²) in [6.07, 6.45) is 5.35. The molecule has 0 radical (unpaired) electrons. The van der Waals surface area contributed by atoms with Gasteiger partial charge in [0.1, 0.15) is 5.82 Å². The van der Waals surface area contributed by atoms with E-state index in [9.17, 15) is 0 Å². The molecule has 0 saturated carbocycles. The smallest absolute Gasteiger partial charge is 0.128 e. The average Bonchev–Trinajstić information content (AvgIpc) is 2.60. The zero-order valence-corrected chi connectivity index (χ0v) is 11.0. The lowest BCUT2D eigenvalue weighted by atomic mass is 10.2. The van der Waals surface area contributed by atoms with E-state index in [0.29, 0.717) is 0 Å². The molecule has 0 atom stereocenters. The lowest BCUT2D eigenvalue weighted by Gasteiger charge is -2.22. The molecule has 2 heterocycles. The third-order valence-corrected chi connectivity index (χ3v) is 3.48. The minimum Gasteiger partial charge on any atom is -0.357 e. The quantitative estimate of drug-likeness (QED) is 0.869. The predicted octanol–water partition coefficient (Wildman–Crippen LogP) is 2.49. The van der Waals surface area contributed by atoms with Crippen LogP contribution < -0.4 is 10.2 Å². The number of aryl methyl sites for hydroxylation is 1. The van der Waals surface area contributed by atoms with Crippen LogP contribution in [0.1, 0.15) is 36.9 Å². The molecule has 2 rings (SSSR count). The van der Waals surface area contributed by atoms with Crippen LogP contribution in [0.4, 0.5) is 5.82 Å². The molecule has 1 aromatic heterocycles. The number of anilines is 1. The van der Waals surface area contributed by atoms with E-state index in [2.05, 4.69) is 29.3 Å². The van der Waals surface area contributed by atoms with E-state index in [4.69, 9.17) is 4.98 Å². The van der Waals surface area contributed by atoms with Crippen molar-refractivity contribution in [2.75, 3.05) is 25.0 Å². The Hall–Kier alpha value is -1.09. The van der Waals surface area contributed by atoms with Crippen molar-refractivity contribution in [2.24, 2.45) is 0 Å². The van der Waals surface area contributed by atoms with Crippen LogP contribution in [0, 0.1) is 6.92 Å². The lowest BCUT2D eigenvalue weighted by molar-refractivity contribution is 0.726. The van der Waals surface area contributed by atoms with E-state index in [1.165, 1.54) is 31.2 Å². The molecule has 0 aromatic carbocycles. The number of hydrogen-bond acceptors (Lipinski definition) is 3. The summed E-state index contributed by atoms with van der Waals surface area (Å²) < 4.78 is 0. The number of hydrogen-bond donors (Lipinski definition) is 1. The first-order valence-electron chi connectivity index (χ1n) is 6.67. The normalized spacial score (nSPS) is 16.9. The topological polar surface area (TPSA) is 28.2 Å². The van der Waals surface area contributed by atoms with Gasteiger partial charge in [0.05, 0.1) is 0 Å². The molecule has 0 amide bonds. The SMILES string of the molecule is CNCc1ccc(N2CCCCCC2)nc1C. The second kappa shape index (κ2) is 6.01. The van der Waals surface area contributed by atoms with Gasteiger partial charge in [-0.25, -0.2) is 4.98 Å². The van der Waals surface area contributed by atoms with Gasteiger partial charge in [-0.05, 0) is 38.4 Å². The molecule has 0 aliphatic carbocycles. The summed E-state index contributed by atoms with van der Waals surface area (Å²) in [4.78, 5) is 7.18. The highest BCUT2D eigenvalue weighted by Gasteiger charge is 2.11. The van der Waals surface area contributed by atoms with Gasteiger partial charge in [-0.2, -0.15) is 0 Å². The fourth-order valence-electron chi connectivity index (χ4n) is 2.43. The summed E-state index contributed by atoms with van der Waals surface area (Å²) in [6, 6.07) is 4.38. The van der Waals surface area contributed by atoms with Crippen molar-refractivity contribution in [3.05, 3.63) is 23.4 Å². The van der Waals surface area contributed by atoms with E-state index in [1.807, 2.05) is 7.05 Å². The van der Waals surface area contributed by atoms with Crippen LogP contribution in [-0.4, -0.2) is 25.1 Å². The zero-order chi connectivity index (χ0) is 12.1. The Kier molecular flexibility index (Phi) is 4.37. The van der Waals surface area contributed by atoms with Gasteiger partial charge in [-0.15, -0.1) is 0 Å². The van der Waals surface area contributed by atoms with Crippen molar-refractivity contribution in [3.8, 4) is 0 Å². The molecule has 1 aliphatic heterocycles. The van der Waals surface area contributed by atoms with Crippen LogP contribution in [0.3, 0.4) is 0 Å². The van der Waals surface area contributed by atoms with Crippen LogP contribution in [0.25, 0.3) is 0 Å². The standard InChI is InChI=1S/C14H23N3/c1-12-13(11-15-2)7-8-14(16-12)17-9-5-3-4-6-10-17/h7-8,15H,3-6,9-11H2,1-2H3. The molecule has 1 aliphatic rings. The number of rotatable bonds is 3. The van der Waals surface area contributed by atoms with E-state index in [0.717, 1.165) is 31.1 Å². The third kappa shape index (κ3) is 3.19. The molecule has 0 unspecified atom stereocenters. The summed E-state index contributed by atoms with van der Waals surface area (Å²) in [5.74, 6) is 1.16. The summed E-state index contributed by atoms with van der Waals surface area (Å²) in [7, 11) is 1.97. The van der Waals surface area contributed by atoms with Gasteiger partial charge < -0.3 is 10.2 Å². The largest absolute Gasteiger partial charge is 0.357 e. The number of pyridine rings is 1. The number of nitrogens with one attached hydrogen (secondary N) is 1. The molecule has 1 fully saturated rings. The van der Waals surface area contributed by atoms with E-state index in [-0.39, 0.29) is 0 Å². The van der Waals surface area contributed by atoms with Crippen molar-refractivity contribution >= 4 is 5.82 Å². The molecule has 1 aromatic rings. The van der Waals surface area contributed by atoms with Gasteiger partial charge in [0.15, 0.2) is 0 Å². The van der Waals surface area contributed by atoms with Crippen molar-refractivity contribution in [1.82, 2.24) is 10.3 Å². The second-order valence-electron chi connectivity index (χ2n) is 4.85. The maximum atomic E-state index is 4.74. The van der Waals surface area contributed by atoms with Gasteiger partial charge in [0.25, 0.3) is 0 Å². The molecule has 94 valence electrons. The maximum Gasteiger partial charge on any atom is 0.128 e. The summed E-state index contributed by atoms with van der Waals surface area (Å²) >= 11 is 0. The fourth-order valence-corrected chi connectivity index (χ4v) is 2.43. The minimum atomic E-state index is 0.902. The molecular weight excluding hydrogens is 210 g/mol. The van der Waals surface area contributed by atoms with Crippen molar-refractivity contribution in [1.29, 1.82) is 0 Å². The van der Waals surface area contributed by atoms with E-state index in [1.54, 1.807) is 0 Å². The highest BCUT2D eigenvalue weighted by atomic mass is 15.2. The van der Waals surface area contributed by atoms with Crippen LogP contribution in [0.5, 0.6) is 0 Å². The molecule has 17 heavy (non-hydrogen) atoms. The molecule has 0 bridgehead atoms. The van der Waals surface area contributed by atoms with Gasteiger partial charge in [-0.3, -0.25) is 0 Å². The first kappa shape index (κ1) is 12.4. The van der Waals surface area contributed by atoms with Crippen molar-refractivity contribution in [3.63, 3.8) is 0 Å². The van der Waals surface area contributed by atoms with Gasteiger partial charge >= 0.3 is 0 Å². The Labute approximate surface area is 104 Å². The van der Waals surface area contributed by atoms with Crippen LogP contribution in [0.2, 0.25) is 0 Å². The van der Waals surface area contributed by atoms with Gasteiger partial charge in [-0.1, -0.05) is 18.9 Å². The third-order valence-electron chi connectivity index (χ3n) is 3.48. The highest BCUT2D eigenvalue weighted by molar-refractivity contribution is 5.41. The van der Waals surface area contributed by atoms with Gasteiger partial charge in [0.2, 0.25) is 0 Å². The highest BCUT2D eigenvalue weighted by Crippen LogP contribution is 2.19. The number of aromatic nitrogens is 1. The van der Waals surface area contributed by atoms with Crippen LogP contribution in [-0.2, 0) is 6.54 Å². The summed E-state index contributed by atoms with van der Waals surface area (Å²) in [6.45, 7) is 5.34. The molecule has 1 N–H and O–H groups in total. The summed E-state index contributed by atoms with van der Waals surface area (Å²) in [5, 5.41) is 3.18. The minimum absolute atomic E-state index is 0.902. The van der Waals surface area contributed by atoms with Crippen molar-refractivity contribution < 1.29 is 0 Å². The summed E-state index contributed by atoms with van der Waals surface area (Å²) in [5.41, 5.74) is 2.45. The Balaban J connectivity index is 2.12. The number of nitrogens with zero attached hydrogens (tertiary/aromatic N) is 2. The Morgan fingerprint density at radius 3 is 2.47 bits per heavy atom. The Morgan fingerprint density at radius 1 is 1.18 bits per heavy atom. The first-order chi connectivity index (χ1) is 8.31. The van der Waals surface area contributed by atoms with E-state index >= 15 is 0 Å². The van der Waals surface area contributed by atoms with E-state index < -0.39 is 0 Å². The van der Waals surface area contributed by atoms with Crippen LogP contribution in [0.15, 0.2) is 12.1 Å².